The molecule has 1 rings (SSSR count). The van der Waals surface area contributed by atoms with Gasteiger partial charge in [0.15, 0.2) is 0 Å². The van der Waals surface area contributed by atoms with Crippen LogP contribution in [0.2, 0.25) is 0 Å². The number of hydrogen-bond donors (Lipinski definition) is 1. The fourth-order valence-corrected chi connectivity index (χ4v) is 2.49. The molecule has 0 saturated carbocycles. The highest BCUT2D eigenvalue weighted by Crippen LogP contribution is 2.23. The molecule has 0 aliphatic carbocycles. The van der Waals surface area contributed by atoms with Crippen molar-refractivity contribution in [2.75, 3.05) is 13.6 Å². The molecule has 4 heteroatoms. The van der Waals surface area contributed by atoms with E-state index in [1.165, 1.54) is 5.56 Å². The second-order valence-electron chi connectivity index (χ2n) is 5.52. The van der Waals surface area contributed by atoms with Gasteiger partial charge < -0.3 is 10.0 Å². The quantitative estimate of drug-likeness (QED) is 0.735. The van der Waals surface area contributed by atoms with Crippen LogP contribution >= 0.6 is 11.3 Å². The van der Waals surface area contributed by atoms with Crippen LogP contribution in [0.4, 0.5) is 0 Å². The molecule has 18 heavy (non-hydrogen) atoms. The Morgan fingerprint density at radius 1 is 1.44 bits per heavy atom. The molecule has 102 valence electrons. The Bertz CT molecular complexity index is 360. The maximum absolute atomic E-state index is 11.0. The van der Waals surface area contributed by atoms with E-state index in [-0.39, 0.29) is 0 Å². The molecule has 0 aliphatic rings. The molecule has 0 amide bonds. The van der Waals surface area contributed by atoms with Gasteiger partial charge in [0, 0.05) is 6.54 Å². The summed E-state index contributed by atoms with van der Waals surface area (Å²) in [5.41, 5.74) is 0.764. The normalized spacial score (nSPS) is 12.0. The van der Waals surface area contributed by atoms with Crippen molar-refractivity contribution in [3.63, 3.8) is 0 Å². The average Bonchev–Trinajstić information content (AvgIpc) is 2.77. The highest BCUT2D eigenvalue weighted by atomic mass is 32.1. The minimum absolute atomic E-state index is 0.591. The van der Waals surface area contributed by atoms with Crippen molar-refractivity contribution in [3.05, 3.63) is 22.4 Å². The molecule has 0 radical (unpaired) electrons. The topological polar surface area (TPSA) is 40.5 Å². The van der Waals surface area contributed by atoms with E-state index >= 15 is 0 Å². The smallest absolute Gasteiger partial charge is 0.309 e. The molecule has 1 aromatic rings. The maximum Gasteiger partial charge on any atom is 0.309 e. The SMILES string of the molecule is CN(CCCCC(C)(C)C(=O)O)Cc1ccsc1. The van der Waals surface area contributed by atoms with E-state index in [0.29, 0.717) is 0 Å². The minimum atomic E-state index is -0.700. The van der Waals surface area contributed by atoms with Crippen molar-refractivity contribution in [2.24, 2.45) is 5.41 Å². The van der Waals surface area contributed by atoms with Crippen molar-refractivity contribution in [1.29, 1.82) is 0 Å². The number of hydrogen-bond acceptors (Lipinski definition) is 3. The third kappa shape index (κ3) is 5.19. The van der Waals surface area contributed by atoms with Gasteiger partial charge in [0.2, 0.25) is 0 Å². The van der Waals surface area contributed by atoms with Gasteiger partial charge >= 0.3 is 5.97 Å². The van der Waals surface area contributed by atoms with Crippen molar-refractivity contribution in [2.45, 2.75) is 39.7 Å². The molecule has 3 nitrogen and oxygen atoms in total. The predicted octanol–water partition coefficient (Wildman–Crippen LogP) is 3.46. The molecule has 0 saturated heterocycles. The number of nitrogens with zero attached hydrogens (tertiary/aromatic N) is 1. The first-order chi connectivity index (χ1) is 8.42. The lowest BCUT2D eigenvalue weighted by Gasteiger charge is -2.20. The number of rotatable bonds is 8. The van der Waals surface area contributed by atoms with E-state index in [0.717, 1.165) is 32.4 Å². The number of carboxylic acids is 1. The lowest BCUT2D eigenvalue weighted by molar-refractivity contribution is -0.147. The second-order valence-corrected chi connectivity index (χ2v) is 6.30. The monoisotopic (exact) mass is 269 g/mol. The summed E-state index contributed by atoms with van der Waals surface area (Å²) in [6, 6.07) is 2.15. The van der Waals surface area contributed by atoms with Gasteiger partial charge in [-0.15, -0.1) is 0 Å². The summed E-state index contributed by atoms with van der Waals surface area (Å²) in [5.74, 6) is -0.700. The Balaban J connectivity index is 2.16. The summed E-state index contributed by atoms with van der Waals surface area (Å²) >= 11 is 1.72. The van der Waals surface area contributed by atoms with E-state index in [1.807, 2.05) is 0 Å². The van der Waals surface area contributed by atoms with Gasteiger partial charge in [-0.1, -0.05) is 6.42 Å². The van der Waals surface area contributed by atoms with Crippen LogP contribution in [0.5, 0.6) is 0 Å². The first-order valence-corrected chi connectivity index (χ1v) is 7.29. The Morgan fingerprint density at radius 2 is 2.17 bits per heavy atom. The van der Waals surface area contributed by atoms with Crippen molar-refractivity contribution in [1.82, 2.24) is 4.90 Å². The highest BCUT2D eigenvalue weighted by Gasteiger charge is 2.25. The van der Waals surface area contributed by atoms with Crippen molar-refractivity contribution in [3.8, 4) is 0 Å². The molecule has 1 N–H and O–H groups in total. The summed E-state index contributed by atoms with van der Waals surface area (Å²) < 4.78 is 0. The highest BCUT2D eigenvalue weighted by molar-refractivity contribution is 7.07. The molecule has 0 spiro atoms. The third-order valence-electron chi connectivity index (χ3n) is 3.20. The molecular weight excluding hydrogens is 246 g/mol. The van der Waals surface area contributed by atoms with Crippen LogP contribution in [0.1, 0.15) is 38.7 Å². The van der Waals surface area contributed by atoms with Crippen LogP contribution in [-0.4, -0.2) is 29.6 Å². The van der Waals surface area contributed by atoms with Crippen LogP contribution in [0.25, 0.3) is 0 Å². The summed E-state index contributed by atoms with van der Waals surface area (Å²) in [6.07, 6.45) is 2.76. The fourth-order valence-electron chi connectivity index (χ4n) is 1.83. The first kappa shape index (κ1) is 15.2. The van der Waals surface area contributed by atoms with E-state index in [2.05, 4.69) is 28.8 Å². The van der Waals surface area contributed by atoms with Gasteiger partial charge in [-0.05, 0) is 62.7 Å². The molecule has 0 atom stereocenters. The van der Waals surface area contributed by atoms with Crippen LogP contribution in [0.15, 0.2) is 16.8 Å². The van der Waals surface area contributed by atoms with E-state index in [1.54, 1.807) is 25.2 Å². The number of thiophene rings is 1. The fraction of sp³-hybridized carbons (Fsp3) is 0.643. The first-order valence-electron chi connectivity index (χ1n) is 6.35. The van der Waals surface area contributed by atoms with E-state index in [4.69, 9.17) is 5.11 Å². The number of aliphatic carboxylic acids is 1. The molecule has 1 heterocycles. The second kappa shape index (κ2) is 6.90. The molecule has 0 aromatic carbocycles. The zero-order valence-corrected chi connectivity index (χ0v) is 12.3. The predicted molar refractivity (Wildman–Crippen MR) is 75.9 cm³/mol. The standard InChI is InChI=1S/C14H23NO2S/c1-14(2,13(16)17)7-4-5-8-15(3)10-12-6-9-18-11-12/h6,9,11H,4-5,7-8,10H2,1-3H3,(H,16,17). The third-order valence-corrected chi connectivity index (χ3v) is 3.94. The van der Waals surface area contributed by atoms with Gasteiger partial charge in [-0.2, -0.15) is 11.3 Å². The van der Waals surface area contributed by atoms with E-state index in [9.17, 15) is 4.79 Å². The van der Waals surface area contributed by atoms with Gasteiger partial charge in [-0.25, -0.2) is 0 Å². The summed E-state index contributed by atoms with van der Waals surface area (Å²) in [7, 11) is 2.11. The Morgan fingerprint density at radius 3 is 2.72 bits per heavy atom. The molecule has 0 unspecified atom stereocenters. The van der Waals surface area contributed by atoms with Gasteiger partial charge in [0.1, 0.15) is 0 Å². The van der Waals surface area contributed by atoms with Gasteiger partial charge in [-0.3, -0.25) is 4.79 Å². The van der Waals surface area contributed by atoms with Crippen molar-refractivity contribution >= 4 is 17.3 Å². The Labute approximate surface area is 113 Å². The zero-order valence-electron chi connectivity index (χ0n) is 11.5. The molecule has 0 bridgehead atoms. The van der Waals surface area contributed by atoms with Crippen LogP contribution in [-0.2, 0) is 11.3 Å². The number of unbranched alkanes of at least 4 members (excludes halogenated alkanes) is 1. The Kier molecular flexibility index (Phi) is 5.82. The maximum atomic E-state index is 11.0. The van der Waals surface area contributed by atoms with Gasteiger partial charge in [0.25, 0.3) is 0 Å². The van der Waals surface area contributed by atoms with Crippen molar-refractivity contribution < 1.29 is 9.90 Å². The number of carbonyl (C=O) groups is 1. The lowest BCUT2D eigenvalue weighted by atomic mass is 9.87. The lowest BCUT2D eigenvalue weighted by Crippen LogP contribution is -2.24. The number of carboxylic acid groups (broad SMARTS) is 1. The molecular formula is C14H23NO2S. The summed E-state index contributed by atoms with van der Waals surface area (Å²) in [5, 5.41) is 13.3. The van der Waals surface area contributed by atoms with Crippen LogP contribution in [0, 0.1) is 5.41 Å². The largest absolute Gasteiger partial charge is 0.481 e. The molecule has 0 fully saturated rings. The minimum Gasteiger partial charge on any atom is -0.481 e. The average molecular weight is 269 g/mol. The molecule has 1 aromatic heterocycles. The summed E-state index contributed by atoms with van der Waals surface area (Å²) in [6.45, 7) is 5.59. The van der Waals surface area contributed by atoms with Crippen LogP contribution in [0.3, 0.4) is 0 Å². The zero-order chi connectivity index (χ0) is 13.6. The van der Waals surface area contributed by atoms with Gasteiger partial charge in [0.05, 0.1) is 5.41 Å². The Hall–Kier alpha value is -0.870. The molecule has 0 aliphatic heterocycles. The van der Waals surface area contributed by atoms with Crippen LogP contribution < -0.4 is 0 Å². The van der Waals surface area contributed by atoms with E-state index < -0.39 is 11.4 Å². The summed E-state index contributed by atoms with van der Waals surface area (Å²) in [4.78, 5) is 13.2.